The Hall–Kier alpha value is -1.25. The van der Waals surface area contributed by atoms with E-state index in [-0.39, 0.29) is 0 Å². The number of pyridine rings is 1. The van der Waals surface area contributed by atoms with Crippen molar-refractivity contribution in [3.63, 3.8) is 0 Å². The fourth-order valence-corrected chi connectivity index (χ4v) is 1.43. The van der Waals surface area contributed by atoms with Crippen LogP contribution < -0.4 is 9.47 Å². The van der Waals surface area contributed by atoms with Gasteiger partial charge >= 0.3 is 0 Å². The summed E-state index contributed by atoms with van der Waals surface area (Å²) in [5, 5.41) is 0. The third-order valence-electron chi connectivity index (χ3n) is 2.50. The highest BCUT2D eigenvalue weighted by molar-refractivity contribution is 5.33. The van der Waals surface area contributed by atoms with Gasteiger partial charge in [0.1, 0.15) is 6.10 Å². The summed E-state index contributed by atoms with van der Waals surface area (Å²) in [4.78, 5) is 4.35. The van der Waals surface area contributed by atoms with Crippen LogP contribution >= 0.6 is 0 Å². The molecule has 1 aromatic rings. The van der Waals surface area contributed by atoms with E-state index in [1.54, 1.807) is 7.11 Å². The van der Waals surface area contributed by atoms with E-state index in [0.717, 1.165) is 24.3 Å². The minimum Gasteiger partial charge on any atom is -0.481 e. The fourth-order valence-electron chi connectivity index (χ4n) is 1.43. The van der Waals surface area contributed by atoms with E-state index in [1.807, 2.05) is 12.1 Å². The van der Waals surface area contributed by atoms with Crippen LogP contribution in [0.4, 0.5) is 0 Å². The molecule has 0 bridgehead atoms. The normalized spacial score (nSPS) is 15.5. The van der Waals surface area contributed by atoms with Crippen molar-refractivity contribution in [1.29, 1.82) is 0 Å². The molecule has 0 N–H and O–H groups in total. The molecule has 0 aliphatic heterocycles. The van der Waals surface area contributed by atoms with Gasteiger partial charge in [-0.05, 0) is 24.8 Å². The van der Waals surface area contributed by atoms with Crippen LogP contribution in [0.5, 0.6) is 11.8 Å². The highest BCUT2D eigenvalue weighted by Gasteiger charge is 2.25. The molecule has 0 saturated heterocycles. The molecule has 0 spiro atoms. The number of methoxy groups -OCH3 is 1. The molecule has 0 atom stereocenters. The average molecular weight is 207 g/mol. The predicted molar refractivity (Wildman–Crippen MR) is 58.5 cm³/mol. The summed E-state index contributed by atoms with van der Waals surface area (Å²) in [7, 11) is 1.62. The largest absolute Gasteiger partial charge is 0.481 e. The number of rotatable bonds is 4. The molecule has 0 radical (unpaired) electrons. The zero-order chi connectivity index (χ0) is 10.8. The minimum atomic E-state index is 0.377. The number of hydrogen-bond donors (Lipinski definition) is 0. The number of ether oxygens (including phenoxy) is 2. The monoisotopic (exact) mass is 207 g/mol. The van der Waals surface area contributed by atoms with Crippen molar-refractivity contribution < 1.29 is 9.47 Å². The van der Waals surface area contributed by atoms with Gasteiger partial charge in [0.2, 0.25) is 11.8 Å². The highest BCUT2D eigenvalue weighted by Crippen LogP contribution is 2.32. The van der Waals surface area contributed by atoms with E-state index >= 15 is 0 Å². The van der Waals surface area contributed by atoms with Gasteiger partial charge in [0.25, 0.3) is 0 Å². The summed E-state index contributed by atoms with van der Waals surface area (Å²) in [6, 6.07) is 3.92. The van der Waals surface area contributed by atoms with Crippen LogP contribution in [0.25, 0.3) is 0 Å². The fraction of sp³-hybridized carbons (Fsp3) is 0.583. The van der Waals surface area contributed by atoms with Gasteiger partial charge in [0, 0.05) is 11.6 Å². The summed E-state index contributed by atoms with van der Waals surface area (Å²) < 4.78 is 10.9. The highest BCUT2D eigenvalue weighted by atomic mass is 16.5. The Labute approximate surface area is 90.4 Å². The molecule has 1 heterocycles. The molecule has 2 rings (SSSR count). The summed E-state index contributed by atoms with van der Waals surface area (Å²) in [5.41, 5.74) is 1.16. The lowest BCUT2D eigenvalue weighted by molar-refractivity contribution is 0.280. The number of hydrogen-bond acceptors (Lipinski definition) is 3. The molecule has 3 nitrogen and oxygen atoms in total. The molecule has 1 aromatic heterocycles. The number of nitrogens with zero attached hydrogens (tertiary/aromatic N) is 1. The van der Waals surface area contributed by atoms with Gasteiger partial charge in [-0.25, -0.2) is 0 Å². The lowest BCUT2D eigenvalue weighted by Crippen LogP contribution is -2.04. The Morgan fingerprint density at radius 1 is 1.33 bits per heavy atom. The van der Waals surface area contributed by atoms with Gasteiger partial charge in [0.05, 0.1) is 7.11 Å². The third kappa shape index (κ3) is 2.41. The molecule has 0 unspecified atom stereocenters. The first-order chi connectivity index (χ1) is 7.20. The van der Waals surface area contributed by atoms with Crippen LogP contribution in [0.15, 0.2) is 12.1 Å². The second-order valence-electron chi connectivity index (χ2n) is 4.22. The van der Waals surface area contributed by atoms with Crippen molar-refractivity contribution in [3.05, 3.63) is 17.7 Å². The Morgan fingerprint density at radius 3 is 2.60 bits per heavy atom. The van der Waals surface area contributed by atoms with E-state index < -0.39 is 0 Å². The standard InChI is InChI=1S/C12H17NO2/c1-8(2)10-6-7-11(14-3)13-12(10)15-9-4-5-9/h6-9H,4-5H2,1-3H3. The molecule has 3 heteroatoms. The Balaban J connectivity index is 2.26. The summed E-state index contributed by atoms with van der Waals surface area (Å²) in [6.45, 7) is 4.28. The van der Waals surface area contributed by atoms with Crippen LogP contribution in [-0.4, -0.2) is 18.2 Å². The van der Waals surface area contributed by atoms with Gasteiger partial charge < -0.3 is 9.47 Å². The van der Waals surface area contributed by atoms with Crippen molar-refractivity contribution in [2.45, 2.75) is 38.7 Å². The van der Waals surface area contributed by atoms with Crippen LogP contribution in [0.3, 0.4) is 0 Å². The topological polar surface area (TPSA) is 31.4 Å². The lowest BCUT2D eigenvalue weighted by Gasteiger charge is -2.13. The first-order valence-electron chi connectivity index (χ1n) is 5.42. The molecular formula is C12H17NO2. The molecule has 0 amide bonds. The quantitative estimate of drug-likeness (QED) is 0.760. The first kappa shape index (κ1) is 10.3. The second kappa shape index (κ2) is 4.09. The van der Waals surface area contributed by atoms with E-state index in [2.05, 4.69) is 18.8 Å². The maximum Gasteiger partial charge on any atom is 0.220 e. The van der Waals surface area contributed by atoms with Gasteiger partial charge in [-0.3, -0.25) is 0 Å². The van der Waals surface area contributed by atoms with Crippen molar-refractivity contribution >= 4 is 0 Å². The molecule has 82 valence electrons. The minimum absolute atomic E-state index is 0.377. The average Bonchev–Trinajstić information content (AvgIpc) is 3.01. The lowest BCUT2D eigenvalue weighted by atomic mass is 10.1. The number of aromatic nitrogens is 1. The summed E-state index contributed by atoms with van der Waals surface area (Å²) in [6.07, 6.45) is 2.68. The van der Waals surface area contributed by atoms with Crippen molar-refractivity contribution in [3.8, 4) is 11.8 Å². The molecule has 1 aliphatic carbocycles. The third-order valence-corrected chi connectivity index (χ3v) is 2.50. The van der Waals surface area contributed by atoms with Crippen molar-refractivity contribution in [2.24, 2.45) is 0 Å². The van der Waals surface area contributed by atoms with Gasteiger partial charge in [-0.2, -0.15) is 4.98 Å². The first-order valence-corrected chi connectivity index (χ1v) is 5.42. The smallest absolute Gasteiger partial charge is 0.220 e. The zero-order valence-electron chi connectivity index (χ0n) is 9.49. The van der Waals surface area contributed by atoms with Crippen molar-refractivity contribution in [1.82, 2.24) is 4.98 Å². The zero-order valence-corrected chi connectivity index (χ0v) is 9.49. The maximum atomic E-state index is 5.77. The van der Waals surface area contributed by atoms with Crippen molar-refractivity contribution in [2.75, 3.05) is 7.11 Å². The molecule has 15 heavy (non-hydrogen) atoms. The summed E-state index contributed by atoms with van der Waals surface area (Å²) in [5.74, 6) is 1.79. The Morgan fingerprint density at radius 2 is 2.07 bits per heavy atom. The van der Waals surface area contributed by atoms with Gasteiger partial charge in [0.15, 0.2) is 0 Å². The van der Waals surface area contributed by atoms with Crippen LogP contribution in [0.1, 0.15) is 38.2 Å². The molecule has 0 aromatic carbocycles. The van der Waals surface area contributed by atoms with Crippen LogP contribution in [0.2, 0.25) is 0 Å². The Bertz CT molecular complexity index is 345. The summed E-state index contributed by atoms with van der Waals surface area (Å²) >= 11 is 0. The predicted octanol–water partition coefficient (Wildman–Crippen LogP) is 2.75. The van der Waals surface area contributed by atoms with E-state index in [0.29, 0.717) is 17.9 Å². The second-order valence-corrected chi connectivity index (χ2v) is 4.22. The SMILES string of the molecule is COc1ccc(C(C)C)c(OC2CC2)n1. The van der Waals surface area contributed by atoms with Gasteiger partial charge in [-0.15, -0.1) is 0 Å². The molecule has 1 aliphatic rings. The van der Waals surface area contributed by atoms with E-state index in [1.165, 1.54) is 0 Å². The molecule has 1 saturated carbocycles. The maximum absolute atomic E-state index is 5.77. The van der Waals surface area contributed by atoms with E-state index in [9.17, 15) is 0 Å². The Kier molecular flexibility index (Phi) is 2.80. The molecular weight excluding hydrogens is 190 g/mol. The molecule has 1 fully saturated rings. The van der Waals surface area contributed by atoms with Crippen LogP contribution in [0, 0.1) is 0 Å². The van der Waals surface area contributed by atoms with E-state index in [4.69, 9.17) is 9.47 Å². The van der Waals surface area contributed by atoms with Crippen LogP contribution in [-0.2, 0) is 0 Å². The van der Waals surface area contributed by atoms with Gasteiger partial charge in [-0.1, -0.05) is 13.8 Å².